The number of fused-ring (bicyclic) bond motifs is 2. The van der Waals surface area contributed by atoms with Gasteiger partial charge < -0.3 is 4.52 Å². The SMILES string of the molecule is C=C(CCCCCCCP(CCC)OCC)C1CC2C=CC1C2. The summed E-state index contributed by atoms with van der Waals surface area (Å²) < 4.78 is 5.87. The molecule has 4 atom stereocenters. The van der Waals surface area contributed by atoms with Gasteiger partial charge in [-0.05, 0) is 69.1 Å². The normalized spacial score (nSPS) is 26.8. The Morgan fingerprint density at radius 2 is 1.83 bits per heavy atom. The fraction of sp³-hybridized carbons (Fsp3) is 0.810. The van der Waals surface area contributed by atoms with Crippen molar-refractivity contribution >= 4 is 8.15 Å². The van der Waals surface area contributed by atoms with Gasteiger partial charge in [-0.25, -0.2) is 0 Å². The Labute approximate surface area is 145 Å². The highest BCUT2D eigenvalue weighted by molar-refractivity contribution is 7.52. The van der Waals surface area contributed by atoms with Gasteiger partial charge in [-0.1, -0.05) is 56.9 Å². The molecule has 1 fully saturated rings. The summed E-state index contributed by atoms with van der Waals surface area (Å²) in [4.78, 5) is 0. The van der Waals surface area contributed by atoms with Crippen molar-refractivity contribution in [3.8, 4) is 0 Å². The molecule has 2 aliphatic rings. The van der Waals surface area contributed by atoms with Crippen molar-refractivity contribution in [2.24, 2.45) is 17.8 Å². The fourth-order valence-corrected chi connectivity index (χ4v) is 6.20. The second kappa shape index (κ2) is 10.7. The van der Waals surface area contributed by atoms with Crippen LogP contribution in [-0.2, 0) is 4.52 Å². The van der Waals surface area contributed by atoms with E-state index in [4.69, 9.17) is 4.52 Å². The minimum atomic E-state index is -0.125. The molecule has 23 heavy (non-hydrogen) atoms. The Morgan fingerprint density at radius 3 is 2.48 bits per heavy atom. The summed E-state index contributed by atoms with van der Waals surface area (Å²) in [7, 11) is -0.125. The van der Waals surface area contributed by atoms with Crippen molar-refractivity contribution < 1.29 is 4.52 Å². The molecule has 1 nitrogen and oxygen atoms in total. The lowest BCUT2D eigenvalue weighted by molar-refractivity contribution is 0.376. The van der Waals surface area contributed by atoms with E-state index in [-0.39, 0.29) is 8.15 Å². The number of hydrogen-bond acceptors (Lipinski definition) is 1. The zero-order valence-corrected chi connectivity index (χ0v) is 16.3. The predicted octanol–water partition coefficient (Wildman–Crippen LogP) is 6.94. The Bertz CT molecular complexity index is 370. The molecule has 0 aromatic heterocycles. The molecule has 2 aliphatic carbocycles. The number of rotatable bonds is 13. The van der Waals surface area contributed by atoms with E-state index in [1.54, 1.807) is 5.57 Å². The van der Waals surface area contributed by atoms with Crippen LogP contribution in [0.1, 0.15) is 71.6 Å². The first-order chi connectivity index (χ1) is 11.2. The monoisotopic (exact) mass is 336 g/mol. The molecule has 0 heterocycles. The van der Waals surface area contributed by atoms with Gasteiger partial charge in [-0.3, -0.25) is 0 Å². The van der Waals surface area contributed by atoms with Crippen LogP contribution in [0.25, 0.3) is 0 Å². The van der Waals surface area contributed by atoms with Crippen molar-refractivity contribution in [3.63, 3.8) is 0 Å². The van der Waals surface area contributed by atoms with Gasteiger partial charge in [0, 0.05) is 14.8 Å². The molecule has 0 aliphatic heterocycles. The van der Waals surface area contributed by atoms with E-state index in [9.17, 15) is 0 Å². The van der Waals surface area contributed by atoms with Crippen molar-refractivity contribution in [2.75, 3.05) is 18.9 Å². The van der Waals surface area contributed by atoms with Crippen molar-refractivity contribution in [3.05, 3.63) is 24.3 Å². The fourth-order valence-electron chi connectivity index (χ4n) is 4.28. The molecule has 2 heteroatoms. The zero-order chi connectivity index (χ0) is 16.5. The summed E-state index contributed by atoms with van der Waals surface area (Å²) >= 11 is 0. The van der Waals surface area contributed by atoms with Crippen molar-refractivity contribution in [2.45, 2.75) is 71.6 Å². The van der Waals surface area contributed by atoms with Crippen LogP contribution in [0.3, 0.4) is 0 Å². The summed E-state index contributed by atoms with van der Waals surface area (Å²) in [6.45, 7) is 9.70. The van der Waals surface area contributed by atoms with Crippen LogP contribution in [0.4, 0.5) is 0 Å². The maximum Gasteiger partial charge on any atom is 0.0480 e. The molecule has 4 unspecified atom stereocenters. The van der Waals surface area contributed by atoms with Crippen molar-refractivity contribution in [1.82, 2.24) is 0 Å². The molecule has 0 spiro atoms. The van der Waals surface area contributed by atoms with E-state index in [2.05, 4.69) is 32.6 Å². The molecule has 0 amide bonds. The minimum absolute atomic E-state index is 0.125. The van der Waals surface area contributed by atoms with Gasteiger partial charge in [0.05, 0.1) is 0 Å². The molecule has 132 valence electrons. The third kappa shape index (κ3) is 6.35. The second-order valence-corrected chi connectivity index (χ2v) is 9.53. The lowest BCUT2D eigenvalue weighted by atomic mass is 9.85. The molecule has 0 aromatic rings. The first kappa shape index (κ1) is 19.2. The average Bonchev–Trinajstić information content (AvgIpc) is 3.17. The molecule has 2 rings (SSSR count). The van der Waals surface area contributed by atoms with E-state index in [0.717, 1.165) is 24.4 Å². The van der Waals surface area contributed by atoms with Gasteiger partial charge >= 0.3 is 0 Å². The molecule has 0 N–H and O–H groups in total. The Morgan fingerprint density at radius 1 is 1.04 bits per heavy atom. The van der Waals surface area contributed by atoms with Gasteiger partial charge in [-0.15, -0.1) is 0 Å². The van der Waals surface area contributed by atoms with Crippen LogP contribution in [0.15, 0.2) is 24.3 Å². The highest BCUT2D eigenvalue weighted by Crippen LogP contribution is 2.47. The summed E-state index contributed by atoms with van der Waals surface area (Å²) in [5, 5.41) is 0. The highest BCUT2D eigenvalue weighted by Gasteiger charge is 2.36. The largest absolute Gasteiger partial charge is 0.360 e. The molecular weight excluding hydrogens is 299 g/mol. The van der Waals surface area contributed by atoms with Crippen LogP contribution in [0, 0.1) is 17.8 Å². The van der Waals surface area contributed by atoms with Gasteiger partial charge in [0.2, 0.25) is 0 Å². The summed E-state index contributed by atoms with van der Waals surface area (Å²) in [6.07, 6.45) is 19.7. The highest BCUT2D eigenvalue weighted by atomic mass is 31.1. The summed E-state index contributed by atoms with van der Waals surface area (Å²) in [6, 6.07) is 0. The van der Waals surface area contributed by atoms with E-state index in [0.29, 0.717) is 0 Å². The zero-order valence-electron chi connectivity index (χ0n) is 15.4. The average molecular weight is 337 g/mol. The van der Waals surface area contributed by atoms with E-state index in [1.165, 1.54) is 70.1 Å². The van der Waals surface area contributed by atoms with Crippen LogP contribution in [0.2, 0.25) is 0 Å². The lowest BCUT2D eigenvalue weighted by Gasteiger charge is -2.20. The quantitative estimate of drug-likeness (QED) is 0.201. The standard InChI is InChI=1S/C21H37OP/c1-4-14-23(22-5-2)15-10-8-6-7-9-11-18(3)21-17-19-12-13-20(21)16-19/h12-13,19-21H,3-11,14-17H2,1-2H3. The smallest absolute Gasteiger partial charge is 0.0480 e. The number of unbranched alkanes of at least 4 members (excludes halogenated alkanes) is 4. The molecular formula is C21H37OP. The third-order valence-electron chi connectivity index (χ3n) is 5.49. The Balaban J connectivity index is 1.46. The van der Waals surface area contributed by atoms with Gasteiger partial charge in [0.15, 0.2) is 0 Å². The molecule has 0 radical (unpaired) electrons. The summed E-state index contributed by atoms with van der Waals surface area (Å²) in [5.74, 6) is 2.53. The predicted molar refractivity (Wildman–Crippen MR) is 104 cm³/mol. The van der Waals surface area contributed by atoms with Crippen LogP contribution in [-0.4, -0.2) is 18.9 Å². The minimum Gasteiger partial charge on any atom is -0.360 e. The molecule has 2 bridgehead atoms. The molecule has 0 aromatic carbocycles. The van der Waals surface area contributed by atoms with Crippen LogP contribution in [0.5, 0.6) is 0 Å². The first-order valence-electron chi connectivity index (χ1n) is 9.98. The molecule has 0 saturated heterocycles. The second-order valence-electron chi connectivity index (χ2n) is 7.41. The van der Waals surface area contributed by atoms with Gasteiger partial charge in [0.25, 0.3) is 0 Å². The summed E-state index contributed by atoms with van der Waals surface area (Å²) in [5.41, 5.74) is 1.55. The lowest BCUT2D eigenvalue weighted by Crippen LogP contribution is -2.09. The molecule has 1 saturated carbocycles. The first-order valence-corrected chi connectivity index (χ1v) is 11.6. The van der Waals surface area contributed by atoms with E-state index < -0.39 is 0 Å². The Hall–Kier alpha value is -0.130. The number of allylic oxidation sites excluding steroid dienone is 3. The van der Waals surface area contributed by atoms with E-state index in [1.807, 2.05) is 0 Å². The maximum absolute atomic E-state index is 5.87. The van der Waals surface area contributed by atoms with Crippen LogP contribution >= 0.6 is 8.15 Å². The van der Waals surface area contributed by atoms with Crippen molar-refractivity contribution in [1.29, 1.82) is 0 Å². The van der Waals surface area contributed by atoms with Gasteiger partial charge in [0.1, 0.15) is 0 Å². The topological polar surface area (TPSA) is 9.23 Å². The Kier molecular flexibility index (Phi) is 8.91. The van der Waals surface area contributed by atoms with Crippen LogP contribution < -0.4 is 0 Å². The number of hydrogen-bond donors (Lipinski definition) is 0. The third-order valence-corrected chi connectivity index (χ3v) is 7.88. The maximum atomic E-state index is 5.87. The van der Waals surface area contributed by atoms with Gasteiger partial charge in [-0.2, -0.15) is 0 Å². The van der Waals surface area contributed by atoms with E-state index >= 15 is 0 Å².